The fraction of sp³-hybridized carbons (Fsp3) is 0. The number of aromatic nitrogens is 3. The van der Waals surface area contributed by atoms with E-state index in [4.69, 9.17) is 0 Å². The molecule has 6 heteroatoms. The van der Waals surface area contributed by atoms with Crippen molar-refractivity contribution in [3.05, 3.63) is 116 Å². The highest BCUT2D eigenvalue weighted by Gasteiger charge is 2.15. The fourth-order valence-corrected chi connectivity index (χ4v) is 4.54. The van der Waals surface area contributed by atoms with Crippen molar-refractivity contribution >= 4 is 34.0 Å². The summed E-state index contributed by atoms with van der Waals surface area (Å²) < 4.78 is 2.68. The van der Waals surface area contributed by atoms with Crippen LogP contribution in [0, 0.1) is 11.3 Å². The number of hydrogen-bond donors (Lipinski definition) is 1. The number of thiazole rings is 1. The Hall–Kier alpha value is -4.21. The van der Waals surface area contributed by atoms with E-state index in [-0.39, 0.29) is 5.56 Å². The van der Waals surface area contributed by atoms with Gasteiger partial charge in [0.15, 0.2) is 5.82 Å². The first-order valence-corrected chi connectivity index (χ1v) is 10.5. The maximum atomic E-state index is 13.4. The molecule has 5 aromatic rings. The molecule has 31 heavy (non-hydrogen) atoms. The molecule has 3 aromatic carbocycles. The van der Waals surface area contributed by atoms with Crippen molar-refractivity contribution in [2.45, 2.75) is 0 Å². The average Bonchev–Trinajstić information content (AvgIpc) is 3.37. The highest BCUT2D eigenvalue weighted by molar-refractivity contribution is 7.07. The van der Waals surface area contributed by atoms with Gasteiger partial charge in [0.05, 0.1) is 21.3 Å². The lowest BCUT2D eigenvalue weighted by molar-refractivity contribution is 0.984. The second kappa shape index (κ2) is 7.90. The third-order valence-corrected chi connectivity index (χ3v) is 5.98. The van der Waals surface area contributed by atoms with Crippen molar-refractivity contribution in [2.24, 2.45) is 0 Å². The van der Waals surface area contributed by atoms with Gasteiger partial charge >= 0.3 is 0 Å². The lowest BCUT2D eigenvalue weighted by Gasteiger charge is -2.02. The molecule has 0 saturated heterocycles. The van der Waals surface area contributed by atoms with E-state index < -0.39 is 0 Å². The number of hydrogen-bond acceptors (Lipinski definition) is 4. The maximum absolute atomic E-state index is 13.4. The van der Waals surface area contributed by atoms with E-state index in [0.29, 0.717) is 26.3 Å². The van der Waals surface area contributed by atoms with Crippen LogP contribution < -0.4 is 14.8 Å². The van der Waals surface area contributed by atoms with Gasteiger partial charge in [0.2, 0.25) is 0 Å². The topological polar surface area (TPSA) is 74.5 Å². The number of fused-ring (bicyclic) bond motifs is 1. The molecule has 0 radical (unpaired) electrons. The highest BCUT2D eigenvalue weighted by Crippen LogP contribution is 2.15. The molecule has 0 fully saturated rings. The zero-order valence-electron chi connectivity index (χ0n) is 16.3. The minimum absolute atomic E-state index is 0.168. The molecule has 5 nitrogen and oxygen atoms in total. The van der Waals surface area contributed by atoms with Crippen molar-refractivity contribution < 1.29 is 0 Å². The summed E-state index contributed by atoms with van der Waals surface area (Å²) in [5.74, 6) is 0.445. The number of nitrogens with one attached hydrogen (secondary N) is 1. The minimum Gasteiger partial charge on any atom is -0.337 e. The average molecular weight is 420 g/mol. The summed E-state index contributed by atoms with van der Waals surface area (Å²) in [4.78, 5) is 21.2. The normalized spacial score (nSPS) is 12.7. The first kappa shape index (κ1) is 18.8. The van der Waals surface area contributed by atoms with Crippen LogP contribution in [0.4, 0.5) is 0 Å². The Morgan fingerprint density at radius 1 is 0.968 bits per heavy atom. The highest BCUT2D eigenvalue weighted by atomic mass is 32.1. The summed E-state index contributed by atoms with van der Waals surface area (Å²) in [6.45, 7) is 0. The summed E-state index contributed by atoms with van der Waals surface area (Å²) in [6.07, 6.45) is 1.85. The zero-order valence-corrected chi connectivity index (χ0v) is 17.1. The van der Waals surface area contributed by atoms with E-state index in [0.717, 1.165) is 16.6 Å². The quantitative estimate of drug-likeness (QED) is 0.487. The Morgan fingerprint density at radius 2 is 1.65 bits per heavy atom. The Bertz CT molecular complexity index is 1570. The summed E-state index contributed by atoms with van der Waals surface area (Å²) in [7, 11) is 0. The van der Waals surface area contributed by atoms with Crippen LogP contribution in [0.25, 0.3) is 28.4 Å². The van der Waals surface area contributed by atoms with Gasteiger partial charge in [0, 0.05) is 0 Å². The molecule has 0 spiro atoms. The molecule has 0 unspecified atom stereocenters. The summed E-state index contributed by atoms with van der Waals surface area (Å²) in [6, 6.07) is 28.9. The number of nitriles is 1. The van der Waals surface area contributed by atoms with Gasteiger partial charge < -0.3 is 4.98 Å². The smallest absolute Gasteiger partial charge is 0.273 e. The Kier molecular flexibility index (Phi) is 4.79. The molecule has 0 amide bonds. The van der Waals surface area contributed by atoms with Gasteiger partial charge in [0.1, 0.15) is 16.3 Å². The molecule has 0 bridgehead atoms. The number of imidazole rings is 1. The number of para-hydroxylation sites is 3. The van der Waals surface area contributed by atoms with E-state index in [1.807, 2.05) is 91.0 Å². The van der Waals surface area contributed by atoms with Crippen molar-refractivity contribution in [1.82, 2.24) is 14.5 Å². The standard InChI is InChI=1S/C25H16N4OS/c26-16-19(23-27-20-13-7-8-14-21(20)28-23)25-29(18-11-5-2-6-12-18)24(30)22(31-25)15-17-9-3-1-4-10-17/h1-15H,(H,27,28)/b22-15+,25-19-. The van der Waals surface area contributed by atoms with Gasteiger partial charge in [0.25, 0.3) is 5.56 Å². The van der Waals surface area contributed by atoms with Crippen LogP contribution in [0.15, 0.2) is 89.7 Å². The molecule has 5 rings (SSSR count). The molecule has 0 aliphatic carbocycles. The molecule has 2 aromatic heterocycles. The van der Waals surface area contributed by atoms with Crippen LogP contribution in [0.3, 0.4) is 0 Å². The number of nitrogens with zero attached hydrogens (tertiary/aromatic N) is 3. The molecule has 0 aliphatic rings. The minimum atomic E-state index is -0.168. The predicted molar refractivity (Wildman–Crippen MR) is 123 cm³/mol. The van der Waals surface area contributed by atoms with Crippen LogP contribution in [-0.4, -0.2) is 14.5 Å². The van der Waals surface area contributed by atoms with Gasteiger partial charge in [-0.3, -0.25) is 9.36 Å². The van der Waals surface area contributed by atoms with Crippen LogP contribution in [0.5, 0.6) is 0 Å². The molecule has 0 aliphatic heterocycles. The largest absolute Gasteiger partial charge is 0.337 e. The third kappa shape index (κ3) is 3.48. The molecule has 2 heterocycles. The summed E-state index contributed by atoms with van der Waals surface area (Å²) >= 11 is 1.29. The number of benzene rings is 3. The van der Waals surface area contributed by atoms with E-state index in [2.05, 4.69) is 16.0 Å². The number of rotatable bonds is 3. The summed E-state index contributed by atoms with van der Waals surface area (Å²) in [5.41, 5.74) is 3.40. The van der Waals surface area contributed by atoms with Gasteiger partial charge in [-0.15, -0.1) is 11.3 Å². The Balaban J connectivity index is 1.87. The molecule has 0 atom stereocenters. The van der Waals surface area contributed by atoms with E-state index in [1.54, 1.807) is 4.57 Å². The molecule has 1 N–H and O–H groups in total. The van der Waals surface area contributed by atoms with E-state index in [9.17, 15) is 10.1 Å². The lowest BCUT2D eigenvalue weighted by Crippen LogP contribution is -2.30. The van der Waals surface area contributed by atoms with Gasteiger partial charge in [-0.2, -0.15) is 5.26 Å². The third-order valence-electron chi connectivity index (χ3n) is 4.89. The first-order chi connectivity index (χ1) is 15.2. The molecular formula is C25H16N4OS. The van der Waals surface area contributed by atoms with Gasteiger partial charge in [-0.25, -0.2) is 4.98 Å². The Labute approximate surface area is 181 Å². The van der Waals surface area contributed by atoms with Crippen LogP contribution in [0.1, 0.15) is 11.4 Å². The zero-order chi connectivity index (χ0) is 21.2. The molecule has 0 saturated carbocycles. The SMILES string of the molecule is N#C/C(c1nc2ccccc2[nH]1)=c1/s/c(=C/c2ccccc2)c(=O)n1-c1ccccc1. The number of aromatic amines is 1. The monoisotopic (exact) mass is 420 g/mol. The molecule has 148 valence electrons. The second-order valence-corrected chi connectivity index (χ2v) is 7.92. The Morgan fingerprint density at radius 3 is 2.35 bits per heavy atom. The fourth-order valence-electron chi connectivity index (χ4n) is 3.44. The van der Waals surface area contributed by atoms with Crippen molar-refractivity contribution in [3.8, 4) is 11.8 Å². The summed E-state index contributed by atoms with van der Waals surface area (Å²) in [5, 5.41) is 10.1. The second-order valence-electron chi connectivity index (χ2n) is 6.89. The van der Waals surface area contributed by atoms with E-state index in [1.165, 1.54) is 11.3 Å². The molecular weight excluding hydrogens is 404 g/mol. The first-order valence-electron chi connectivity index (χ1n) is 9.68. The van der Waals surface area contributed by atoms with Crippen LogP contribution >= 0.6 is 11.3 Å². The van der Waals surface area contributed by atoms with Crippen LogP contribution in [0.2, 0.25) is 0 Å². The van der Waals surface area contributed by atoms with Crippen molar-refractivity contribution in [3.63, 3.8) is 0 Å². The number of H-pyrrole nitrogens is 1. The predicted octanol–water partition coefficient (Wildman–Crippen LogP) is 3.33. The van der Waals surface area contributed by atoms with Crippen molar-refractivity contribution in [2.75, 3.05) is 0 Å². The van der Waals surface area contributed by atoms with E-state index >= 15 is 0 Å². The van der Waals surface area contributed by atoms with Crippen molar-refractivity contribution in [1.29, 1.82) is 5.26 Å². The maximum Gasteiger partial charge on any atom is 0.273 e. The van der Waals surface area contributed by atoms with Gasteiger partial charge in [-0.1, -0.05) is 60.7 Å². The lowest BCUT2D eigenvalue weighted by atomic mass is 10.2. The van der Waals surface area contributed by atoms with Gasteiger partial charge in [-0.05, 0) is 35.9 Å². The van der Waals surface area contributed by atoms with Crippen LogP contribution in [-0.2, 0) is 0 Å².